The van der Waals surface area contributed by atoms with Gasteiger partial charge < -0.3 is 24.6 Å². The molecule has 1 aliphatic heterocycles. The number of carbonyl (C=O) groups excluding carboxylic acids is 1. The summed E-state index contributed by atoms with van der Waals surface area (Å²) >= 11 is 0. The van der Waals surface area contributed by atoms with E-state index in [1.807, 2.05) is 18.2 Å². The maximum absolute atomic E-state index is 13.1. The third-order valence-electron chi connectivity index (χ3n) is 5.30. The van der Waals surface area contributed by atoms with Crippen LogP contribution >= 0.6 is 0 Å². The second kappa shape index (κ2) is 8.08. The zero-order valence-corrected chi connectivity index (χ0v) is 16.8. The number of aromatic amines is 1. The fourth-order valence-corrected chi connectivity index (χ4v) is 3.92. The van der Waals surface area contributed by atoms with Crippen LogP contribution in [0.15, 0.2) is 42.5 Å². The number of hydrogen-bond acceptors (Lipinski definition) is 6. The predicted octanol–water partition coefficient (Wildman–Crippen LogP) is 2.73. The van der Waals surface area contributed by atoms with E-state index < -0.39 is 6.04 Å². The summed E-state index contributed by atoms with van der Waals surface area (Å²) in [7, 11) is 3.12. The topological polar surface area (TPSA) is 108 Å². The lowest BCUT2D eigenvalue weighted by molar-refractivity contribution is 0.0732. The van der Waals surface area contributed by atoms with Gasteiger partial charge in [-0.15, -0.1) is 0 Å². The molecule has 2 aromatic carbocycles. The zero-order chi connectivity index (χ0) is 21.3. The number of benzene rings is 2. The third-order valence-corrected chi connectivity index (χ3v) is 5.30. The SMILES string of the molecule is COc1ccc(C2c3c(-c4ccccc4O)n[nH]c3C(=O)N2CCCO)cc1OC. The fraction of sp³-hybridized carbons (Fsp3) is 0.273. The minimum Gasteiger partial charge on any atom is -0.507 e. The minimum atomic E-state index is -0.452. The van der Waals surface area contributed by atoms with Crippen molar-refractivity contribution in [2.45, 2.75) is 12.5 Å². The van der Waals surface area contributed by atoms with Gasteiger partial charge >= 0.3 is 0 Å². The Morgan fingerprint density at radius 3 is 2.60 bits per heavy atom. The number of aromatic hydroxyl groups is 1. The number of ether oxygens (including phenoxy) is 2. The number of carbonyl (C=O) groups is 1. The first kappa shape index (κ1) is 19.8. The number of fused-ring (bicyclic) bond motifs is 1. The lowest BCUT2D eigenvalue weighted by atomic mass is 9.95. The van der Waals surface area contributed by atoms with Crippen LogP contribution in [0.1, 0.15) is 34.1 Å². The van der Waals surface area contributed by atoms with Gasteiger partial charge in [0, 0.05) is 24.3 Å². The number of amides is 1. The number of phenolic OH excluding ortho intramolecular Hbond substituents is 1. The van der Waals surface area contributed by atoms with Crippen LogP contribution in [-0.2, 0) is 0 Å². The van der Waals surface area contributed by atoms with Crippen molar-refractivity contribution >= 4 is 5.91 Å². The highest BCUT2D eigenvalue weighted by molar-refractivity contribution is 6.00. The van der Waals surface area contributed by atoms with E-state index in [1.54, 1.807) is 43.4 Å². The van der Waals surface area contributed by atoms with Crippen LogP contribution < -0.4 is 9.47 Å². The van der Waals surface area contributed by atoms with Gasteiger partial charge in [0.1, 0.15) is 17.1 Å². The molecule has 3 N–H and O–H groups in total. The number of aliphatic hydroxyl groups is 1. The number of para-hydroxylation sites is 1. The normalized spacial score (nSPS) is 15.4. The Kier molecular flexibility index (Phi) is 5.33. The largest absolute Gasteiger partial charge is 0.507 e. The first-order valence-corrected chi connectivity index (χ1v) is 9.61. The Labute approximate surface area is 173 Å². The van der Waals surface area contributed by atoms with Crippen LogP contribution in [0, 0.1) is 0 Å². The van der Waals surface area contributed by atoms with Gasteiger partial charge in [0.2, 0.25) is 0 Å². The molecule has 3 aromatic rings. The summed E-state index contributed by atoms with van der Waals surface area (Å²) < 4.78 is 10.8. The highest BCUT2D eigenvalue weighted by Crippen LogP contribution is 2.45. The molecule has 1 amide bonds. The predicted molar refractivity (Wildman–Crippen MR) is 110 cm³/mol. The van der Waals surface area contributed by atoms with Gasteiger partial charge in [-0.2, -0.15) is 5.10 Å². The van der Waals surface area contributed by atoms with Crippen molar-refractivity contribution in [1.29, 1.82) is 0 Å². The molecule has 156 valence electrons. The van der Waals surface area contributed by atoms with Crippen LogP contribution in [0.3, 0.4) is 0 Å². The number of nitrogens with zero attached hydrogens (tertiary/aromatic N) is 2. The van der Waals surface area contributed by atoms with Gasteiger partial charge in [0.15, 0.2) is 11.5 Å². The maximum Gasteiger partial charge on any atom is 0.273 e. The summed E-state index contributed by atoms with van der Waals surface area (Å²) in [5.41, 5.74) is 2.94. The van der Waals surface area contributed by atoms with Gasteiger partial charge in [-0.05, 0) is 36.2 Å². The van der Waals surface area contributed by atoms with Gasteiger partial charge in [-0.3, -0.25) is 9.89 Å². The van der Waals surface area contributed by atoms with E-state index in [-0.39, 0.29) is 18.3 Å². The van der Waals surface area contributed by atoms with Crippen LogP contribution in [0.25, 0.3) is 11.3 Å². The first-order valence-electron chi connectivity index (χ1n) is 9.61. The van der Waals surface area contributed by atoms with Crippen molar-refractivity contribution in [3.8, 4) is 28.5 Å². The van der Waals surface area contributed by atoms with Crippen LogP contribution in [-0.4, -0.2) is 58.6 Å². The summed E-state index contributed by atoms with van der Waals surface area (Å²) in [5.74, 6) is 1.01. The quantitative estimate of drug-likeness (QED) is 0.554. The van der Waals surface area contributed by atoms with E-state index in [1.165, 1.54) is 0 Å². The maximum atomic E-state index is 13.1. The van der Waals surface area contributed by atoms with E-state index in [9.17, 15) is 15.0 Å². The summed E-state index contributed by atoms with van der Waals surface area (Å²) in [4.78, 5) is 14.8. The highest BCUT2D eigenvalue weighted by atomic mass is 16.5. The van der Waals surface area contributed by atoms with E-state index in [4.69, 9.17) is 9.47 Å². The molecule has 0 aliphatic carbocycles. The molecule has 4 rings (SSSR count). The molecule has 1 atom stereocenters. The van der Waals surface area contributed by atoms with Crippen molar-refractivity contribution in [1.82, 2.24) is 15.1 Å². The van der Waals surface area contributed by atoms with Gasteiger partial charge in [0.25, 0.3) is 5.91 Å². The Bertz CT molecular complexity index is 1080. The Balaban J connectivity index is 1.89. The highest BCUT2D eigenvalue weighted by Gasteiger charge is 2.42. The average Bonchev–Trinajstić information content (AvgIpc) is 3.31. The molecular formula is C22H23N3O5. The number of rotatable bonds is 7. The smallest absolute Gasteiger partial charge is 0.273 e. The van der Waals surface area contributed by atoms with Crippen LogP contribution in [0.4, 0.5) is 0 Å². The molecule has 0 spiro atoms. The molecule has 8 nitrogen and oxygen atoms in total. The molecule has 8 heteroatoms. The average molecular weight is 409 g/mol. The Morgan fingerprint density at radius 1 is 1.13 bits per heavy atom. The lowest BCUT2D eigenvalue weighted by Crippen LogP contribution is -2.31. The number of nitrogens with one attached hydrogen (secondary N) is 1. The number of hydrogen-bond donors (Lipinski definition) is 3. The molecule has 0 saturated heterocycles. The summed E-state index contributed by atoms with van der Waals surface area (Å²) in [6, 6.07) is 11.9. The molecule has 2 heterocycles. The van der Waals surface area contributed by atoms with Crippen LogP contribution in [0.2, 0.25) is 0 Å². The van der Waals surface area contributed by atoms with E-state index >= 15 is 0 Å². The molecule has 0 radical (unpaired) electrons. The monoisotopic (exact) mass is 409 g/mol. The molecule has 1 aliphatic rings. The third kappa shape index (κ3) is 3.15. The first-order chi connectivity index (χ1) is 14.6. The molecule has 0 saturated carbocycles. The van der Waals surface area contributed by atoms with Crippen molar-refractivity contribution in [2.75, 3.05) is 27.4 Å². The summed E-state index contributed by atoms with van der Waals surface area (Å²) in [6.07, 6.45) is 0.444. The fourth-order valence-electron chi connectivity index (χ4n) is 3.92. The Morgan fingerprint density at radius 2 is 1.90 bits per heavy atom. The van der Waals surface area contributed by atoms with E-state index in [0.717, 1.165) is 5.56 Å². The van der Waals surface area contributed by atoms with E-state index in [0.29, 0.717) is 47.0 Å². The number of methoxy groups -OCH3 is 2. The number of aromatic nitrogens is 2. The Hall–Kier alpha value is -3.52. The molecule has 1 aromatic heterocycles. The molecule has 1 unspecified atom stereocenters. The number of aliphatic hydroxyl groups excluding tert-OH is 1. The second-order valence-corrected chi connectivity index (χ2v) is 6.97. The summed E-state index contributed by atoms with van der Waals surface area (Å²) in [5, 5.41) is 26.9. The lowest BCUT2D eigenvalue weighted by Gasteiger charge is -2.26. The number of H-pyrrole nitrogens is 1. The molecular weight excluding hydrogens is 386 g/mol. The molecule has 0 bridgehead atoms. The zero-order valence-electron chi connectivity index (χ0n) is 16.8. The second-order valence-electron chi connectivity index (χ2n) is 6.97. The standard InChI is InChI=1S/C22H23N3O5/c1-29-16-9-8-13(12-17(16)30-2)21-18-19(14-6-3-4-7-15(14)27)23-24-20(18)22(28)25(21)10-5-11-26/h3-4,6-9,12,21,26-27H,5,10-11H2,1-2H3,(H,23,24). The van der Waals surface area contributed by atoms with Gasteiger partial charge in [-0.25, -0.2) is 0 Å². The van der Waals surface area contributed by atoms with Crippen molar-refractivity contribution in [3.05, 3.63) is 59.3 Å². The van der Waals surface area contributed by atoms with Crippen molar-refractivity contribution in [3.63, 3.8) is 0 Å². The number of phenols is 1. The van der Waals surface area contributed by atoms with Crippen LogP contribution in [0.5, 0.6) is 17.2 Å². The van der Waals surface area contributed by atoms with Gasteiger partial charge in [0.05, 0.1) is 20.3 Å². The molecule has 30 heavy (non-hydrogen) atoms. The molecule has 0 fully saturated rings. The van der Waals surface area contributed by atoms with Crippen molar-refractivity contribution in [2.24, 2.45) is 0 Å². The van der Waals surface area contributed by atoms with E-state index in [2.05, 4.69) is 10.2 Å². The van der Waals surface area contributed by atoms with Crippen molar-refractivity contribution < 1.29 is 24.5 Å². The van der Waals surface area contributed by atoms with Gasteiger partial charge in [-0.1, -0.05) is 18.2 Å². The minimum absolute atomic E-state index is 0.0268. The summed E-state index contributed by atoms with van der Waals surface area (Å²) in [6.45, 7) is 0.345.